The third-order valence-electron chi connectivity index (χ3n) is 3.89. The van der Waals surface area contributed by atoms with Crippen LogP contribution in [0.3, 0.4) is 0 Å². The Kier molecular flexibility index (Phi) is 4.15. The van der Waals surface area contributed by atoms with Gasteiger partial charge in [0, 0.05) is 11.3 Å². The summed E-state index contributed by atoms with van der Waals surface area (Å²) in [4.78, 5) is 11.4. The molecule has 2 aromatic carbocycles. The van der Waals surface area contributed by atoms with Gasteiger partial charge in [-0.25, -0.2) is 14.4 Å². The molecule has 4 aromatic rings. The first kappa shape index (κ1) is 15.7. The second-order valence-corrected chi connectivity index (χ2v) is 7.07. The van der Waals surface area contributed by atoms with Gasteiger partial charge in [-0.15, -0.1) is 11.3 Å². The molecule has 0 unspecified atom stereocenters. The average Bonchev–Trinajstić information content (AvgIpc) is 2.98. The lowest BCUT2D eigenvalue weighted by Crippen LogP contribution is -2.02. The predicted octanol–water partition coefficient (Wildman–Crippen LogP) is 5.47. The van der Waals surface area contributed by atoms with Crippen molar-refractivity contribution in [1.29, 1.82) is 0 Å². The summed E-state index contributed by atoms with van der Waals surface area (Å²) >= 11 is 1.62. The number of hydrogen-bond donors (Lipinski definition) is 1. The maximum absolute atomic E-state index is 14.0. The van der Waals surface area contributed by atoms with Crippen LogP contribution in [-0.4, -0.2) is 9.97 Å². The molecule has 0 aliphatic heterocycles. The number of halogens is 1. The highest BCUT2D eigenvalue weighted by atomic mass is 32.1. The highest BCUT2D eigenvalue weighted by Crippen LogP contribution is 2.31. The van der Waals surface area contributed by atoms with Crippen LogP contribution in [0.1, 0.15) is 16.3 Å². The van der Waals surface area contributed by atoms with Crippen LogP contribution in [0.15, 0.2) is 60.7 Å². The maximum Gasteiger partial charge on any atom is 0.146 e. The van der Waals surface area contributed by atoms with Gasteiger partial charge in [-0.05, 0) is 30.7 Å². The lowest BCUT2D eigenvalue weighted by atomic mass is 10.1. The Labute approximate surface area is 149 Å². The Bertz CT molecular complexity index is 1030. The number of hydrogen-bond acceptors (Lipinski definition) is 4. The van der Waals surface area contributed by atoms with E-state index in [1.54, 1.807) is 29.5 Å². The molecule has 0 aliphatic carbocycles. The van der Waals surface area contributed by atoms with Crippen LogP contribution >= 0.6 is 11.3 Å². The van der Waals surface area contributed by atoms with Gasteiger partial charge >= 0.3 is 0 Å². The van der Waals surface area contributed by atoms with E-state index in [1.165, 1.54) is 6.07 Å². The molecule has 0 spiro atoms. The zero-order valence-corrected chi connectivity index (χ0v) is 14.5. The fraction of sp³-hybridized carbons (Fsp3) is 0.100. The monoisotopic (exact) mass is 349 g/mol. The third-order valence-corrected chi connectivity index (χ3v) is 4.84. The van der Waals surface area contributed by atoms with Crippen molar-refractivity contribution in [2.45, 2.75) is 13.3 Å². The van der Waals surface area contributed by atoms with Crippen LogP contribution in [0, 0.1) is 12.7 Å². The SMILES string of the molecule is Cc1cc2c(Nc3ccccc3F)nc(Cc3ccccc3)nc2s1. The summed E-state index contributed by atoms with van der Waals surface area (Å²) in [5.41, 5.74) is 1.56. The quantitative estimate of drug-likeness (QED) is 0.531. The summed E-state index contributed by atoms with van der Waals surface area (Å²) in [6.07, 6.45) is 0.639. The van der Waals surface area contributed by atoms with E-state index >= 15 is 0 Å². The van der Waals surface area contributed by atoms with Crippen molar-refractivity contribution in [3.8, 4) is 0 Å². The number of fused-ring (bicyclic) bond motifs is 1. The molecule has 5 heteroatoms. The lowest BCUT2D eigenvalue weighted by molar-refractivity contribution is 0.632. The number of thiophene rings is 1. The molecule has 0 atom stereocenters. The number of anilines is 2. The summed E-state index contributed by atoms with van der Waals surface area (Å²) in [5, 5.41) is 4.05. The zero-order chi connectivity index (χ0) is 17.2. The van der Waals surface area contributed by atoms with Crippen molar-refractivity contribution < 1.29 is 4.39 Å². The molecule has 2 aromatic heterocycles. The van der Waals surface area contributed by atoms with Crippen molar-refractivity contribution in [1.82, 2.24) is 9.97 Å². The molecule has 0 amide bonds. The highest BCUT2D eigenvalue weighted by Gasteiger charge is 2.12. The molecule has 3 nitrogen and oxygen atoms in total. The minimum Gasteiger partial charge on any atom is -0.337 e. The topological polar surface area (TPSA) is 37.8 Å². The summed E-state index contributed by atoms with van der Waals surface area (Å²) in [7, 11) is 0. The molecule has 0 saturated carbocycles. The number of nitrogens with zero attached hydrogens (tertiary/aromatic N) is 2. The summed E-state index contributed by atoms with van der Waals surface area (Å²) < 4.78 is 14.0. The van der Waals surface area contributed by atoms with Gasteiger partial charge in [0.2, 0.25) is 0 Å². The first-order valence-corrected chi connectivity index (χ1v) is 8.83. The van der Waals surface area contributed by atoms with E-state index in [1.807, 2.05) is 31.2 Å². The lowest BCUT2D eigenvalue weighted by Gasteiger charge is -2.10. The van der Waals surface area contributed by atoms with Gasteiger partial charge < -0.3 is 5.32 Å². The first-order valence-electron chi connectivity index (χ1n) is 8.01. The molecule has 0 radical (unpaired) electrons. The fourth-order valence-corrected chi connectivity index (χ4v) is 3.63. The molecule has 2 heterocycles. The number of rotatable bonds is 4. The van der Waals surface area contributed by atoms with E-state index < -0.39 is 0 Å². The van der Waals surface area contributed by atoms with Crippen molar-refractivity contribution in [2.24, 2.45) is 0 Å². The van der Waals surface area contributed by atoms with E-state index in [2.05, 4.69) is 27.4 Å². The summed E-state index contributed by atoms with van der Waals surface area (Å²) in [5.74, 6) is 1.07. The van der Waals surface area contributed by atoms with Crippen molar-refractivity contribution >= 4 is 33.1 Å². The molecule has 0 bridgehead atoms. The standard InChI is InChI=1S/C20H16FN3S/c1-13-11-15-19(22-17-10-6-5-9-16(17)21)23-18(24-20(15)25-13)12-14-7-3-2-4-8-14/h2-11H,12H2,1H3,(H,22,23,24). The molecule has 1 N–H and O–H groups in total. The molecule has 25 heavy (non-hydrogen) atoms. The first-order chi connectivity index (χ1) is 12.2. The highest BCUT2D eigenvalue weighted by molar-refractivity contribution is 7.18. The number of aryl methyl sites for hydroxylation is 1. The second-order valence-electron chi connectivity index (χ2n) is 5.83. The Hall–Kier alpha value is -2.79. The van der Waals surface area contributed by atoms with Gasteiger partial charge in [0.1, 0.15) is 22.3 Å². The Morgan fingerprint density at radius 3 is 2.56 bits per heavy atom. The van der Waals surface area contributed by atoms with Crippen molar-refractivity contribution in [2.75, 3.05) is 5.32 Å². The molecule has 0 fully saturated rings. The van der Waals surface area contributed by atoms with Crippen LogP contribution in [0.5, 0.6) is 0 Å². The van der Waals surface area contributed by atoms with Crippen LogP contribution in [0.25, 0.3) is 10.2 Å². The minimum atomic E-state index is -0.300. The second kappa shape index (κ2) is 6.61. The Balaban J connectivity index is 1.77. The molecular formula is C20H16FN3S. The molecule has 4 rings (SSSR count). The Morgan fingerprint density at radius 1 is 1.00 bits per heavy atom. The Morgan fingerprint density at radius 2 is 1.76 bits per heavy atom. The minimum absolute atomic E-state index is 0.300. The molecule has 124 valence electrons. The number of benzene rings is 2. The normalized spacial score (nSPS) is 11.0. The average molecular weight is 349 g/mol. The van der Waals surface area contributed by atoms with E-state index in [9.17, 15) is 4.39 Å². The van der Waals surface area contributed by atoms with Gasteiger partial charge in [-0.2, -0.15) is 0 Å². The van der Waals surface area contributed by atoms with Gasteiger partial charge in [0.25, 0.3) is 0 Å². The van der Waals surface area contributed by atoms with Gasteiger partial charge in [-0.3, -0.25) is 0 Å². The van der Waals surface area contributed by atoms with Crippen LogP contribution < -0.4 is 5.32 Å². The van der Waals surface area contributed by atoms with Crippen molar-refractivity contribution in [3.05, 3.63) is 82.7 Å². The van der Waals surface area contributed by atoms with Gasteiger partial charge in [-0.1, -0.05) is 42.5 Å². The van der Waals surface area contributed by atoms with E-state index in [-0.39, 0.29) is 5.82 Å². The van der Waals surface area contributed by atoms with Crippen molar-refractivity contribution in [3.63, 3.8) is 0 Å². The zero-order valence-electron chi connectivity index (χ0n) is 13.7. The molecule has 0 saturated heterocycles. The van der Waals surface area contributed by atoms with Crippen LogP contribution in [0.4, 0.5) is 15.9 Å². The molecule has 0 aliphatic rings. The summed E-state index contributed by atoms with van der Waals surface area (Å²) in [6, 6.07) is 18.7. The summed E-state index contributed by atoms with van der Waals surface area (Å²) in [6.45, 7) is 2.04. The number of nitrogens with one attached hydrogen (secondary N) is 1. The van der Waals surface area contributed by atoms with Crippen LogP contribution in [-0.2, 0) is 6.42 Å². The number of aromatic nitrogens is 2. The smallest absolute Gasteiger partial charge is 0.146 e. The largest absolute Gasteiger partial charge is 0.337 e. The van der Waals surface area contributed by atoms with E-state index in [0.717, 1.165) is 26.5 Å². The third kappa shape index (κ3) is 3.37. The fourth-order valence-electron chi connectivity index (χ4n) is 2.73. The van der Waals surface area contributed by atoms with Gasteiger partial charge in [0.05, 0.1) is 11.1 Å². The van der Waals surface area contributed by atoms with E-state index in [0.29, 0.717) is 17.9 Å². The van der Waals surface area contributed by atoms with Crippen LogP contribution in [0.2, 0.25) is 0 Å². The maximum atomic E-state index is 14.0. The predicted molar refractivity (Wildman–Crippen MR) is 101 cm³/mol. The molecular weight excluding hydrogens is 333 g/mol. The van der Waals surface area contributed by atoms with E-state index in [4.69, 9.17) is 0 Å². The van der Waals surface area contributed by atoms with Gasteiger partial charge in [0.15, 0.2) is 0 Å². The number of para-hydroxylation sites is 1.